The Morgan fingerprint density at radius 3 is 2.26 bits per heavy atom. The van der Waals surface area contributed by atoms with E-state index in [0.717, 1.165) is 25.7 Å². The highest BCUT2D eigenvalue weighted by Crippen LogP contribution is 2.69. The van der Waals surface area contributed by atoms with Gasteiger partial charge in [-0.1, -0.05) is 34.1 Å². The highest BCUT2D eigenvalue weighted by atomic mass is 16.3. The van der Waals surface area contributed by atoms with Gasteiger partial charge in [0, 0.05) is 6.61 Å². The summed E-state index contributed by atoms with van der Waals surface area (Å²) >= 11 is 0. The van der Waals surface area contributed by atoms with Crippen LogP contribution in [-0.2, 0) is 0 Å². The minimum absolute atomic E-state index is 0.170. The van der Waals surface area contributed by atoms with Gasteiger partial charge >= 0.3 is 0 Å². The third-order valence-corrected chi connectivity index (χ3v) is 10.4. The standard InChI is InChI=1S/C24H42O3/c1-5-16-20-12-15(26)8-10-24(20,4)19-9-11-23(3)17(14(2)13-25)6-7-18(23)21(19)22(16)27/h14-22,25-27H,5-13H2,1-4H3/t14-,15-,16-,17-,18?,19?,20?,21?,22?,23-,24-/m1/s1. The fraction of sp³-hybridized carbons (Fsp3) is 1.00. The molecule has 0 aromatic rings. The van der Waals surface area contributed by atoms with Crippen LogP contribution in [0.3, 0.4) is 0 Å². The van der Waals surface area contributed by atoms with Crippen molar-refractivity contribution in [3.05, 3.63) is 0 Å². The number of aliphatic hydroxyl groups is 3. The zero-order valence-corrected chi connectivity index (χ0v) is 17.9. The summed E-state index contributed by atoms with van der Waals surface area (Å²) in [5.74, 6) is 3.40. The molecule has 3 heteroatoms. The maximum absolute atomic E-state index is 11.6. The van der Waals surface area contributed by atoms with E-state index >= 15 is 0 Å². The maximum Gasteiger partial charge on any atom is 0.0605 e. The first kappa shape index (κ1) is 20.2. The molecule has 0 heterocycles. The monoisotopic (exact) mass is 378 g/mol. The predicted molar refractivity (Wildman–Crippen MR) is 108 cm³/mol. The average molecular weight is 379 g/mol. The number of hydrogen-bond donors (Lipinski definition) is 3. The Hall–Kier alpha value is -0.120. The largest absolute Gasteiger partial charge is 0.396 e. The molecule has 4 fully saturated rings. The third-order valence-electron chi connectivity index (χ3n) is 10.4. The van der Waals surface area contributed by atoms with Gasteiger partial charge in [0.05, 0.1) is 12.2 Å². The van der Waals surface area contributed by atoms with Gasteiger partial charge in [-0.3, -0.25) is 0 Å². The van der Waals surface area contributed by atoms with E-state index in [-0.39, 0.29) is 23.0 Å². The van der Waals surface area contributed by atoms with Crippen LogP contribution in [0.15, 0.2) is 0 Å². The molecule has 5 unspecified atom stereocenters. The molecule has 3 nitrogen and oxygen atoms in total. The van der Waals surface area contributed by atoms with Crippen molar-refractivity contribution >= 4 is 0 Å². The lowest BCUT2D eigenvalue weighted by atomic mass is 9.41. The van der Waals surface area contributed by atoms with Crippen molar-refractivity contribution in [3.63, 3.8) is 0 Å². The van der Waals surface area contributed by atoms with Crippen LogP contribution in [0.25, 0.3) is 0 Å². The fourth-order valence-electron chi connectivity index (χ4n) is 9.06. The average Bonchev–Trinajstić information content (AvgIpc) is 3.00. The van der Waals surface area contributed by atoms with Gasteiger partial charge in [-0.2, -0.15) is 0 Å². The molecule has 0 radical (unpaired) electrons. The second-order valence-electron chi connectivity index (χ2n) is 11.3. The Morgan fingerprint density at radius 1 is 0.926 bits per heavy atom. The van der Waals surface area contributed by atoms with E-state index in [1.54, 1.807) is 0 Å². The van der Waals surface area contributed by atoms with Crippen LogP contribution in [0.1, 0.15) is 79.1 Å². The summed E-state index contributed by atoms with van der Waals surface area (Å²) in [7, 11) is 0. The van der Waals surface area contributed by atoms with Gasteiger partial charge in [0.25, 0.3) is 0 Å². The van der Waals surface area contributed by atoms with Crippen molar-refractivity contribution in [2.24, 2.45) is 52.3 Å². The maximum atomic E-state index is 11.6. The zero-order valence-electron chi connectivity index (χ0n) is 17.9. The molecule has 0 aromatic heterocycles. The molecule has 0 bridgehead atoms. The first-order chi connectivity index (χ1) is 12.8. The first-order valence-corrected chi connectivity index (χ1v) is 11.7. The van der Waals surface area contributed by atoms with E-state index < -0.39 is 0 Å². The normalized spacial score (nSPS) is 56.1. The van der Waals surface area contributed by atoms with Gasteiger partial charge < -0.3 is 15.3 Å². The molecule has 27 heavy (non-hydrogen) atoms. The van der Waals surface area contributed by atoms with Crippen LogP contribution >= 0.6 is 0 Å². The Bertz CT molecular complexity index is 550. The van der Waals surface area contributed by atoms with Gasteiger partial charge in [0.2, 0.25) is 0 Å². The molecule has 0 amide bonds. The molecule has 156 valence electrons. The summed E-state index contributed by atoms with van der Waals surface area (Å²) in [5.41, 5.74) is 0.561. The van der Waals surface area contributed by atoms with Crippen molar-refractivity contribution in [1.82, 2.24) is 0 Å². The highest BCUT2D eigenvalue weighted by molar-refractivity contribution is 5.13. The Morgan fingerprint density at radius 2 is 1.59 bits per heavy atom. The van der Waals surface area contributed by atoms with Crippen LogP contribution in [0.2, 0.25) is 0 Å². The summed E-state index contributed by atoms with van der Waals surface area (Å²) < 4.78 is 0. The van der Waals surface area contributed by atoms with Crippen LogP contribution in [-0.4, -0.2) is 34.1 Å². The van der Waals surface area contributed by atoms with Crippen molar-refractivity contribution in [1.29, 1.82) is 0 Å². The molecule has 4 aliphatic rings. The van der Waals surface area contributed by atoms with Gasteiger partial charge in [-0.25, -0.2) is 0 Å². The highest BCUT2D eigenvalue weighted by Gasteiger charge is 2.64. The van der Waals surface area contributed by atoms with Crippen molar-refractivity contribution < 1.29 is 15.3 Å². The summed E-state index contributed by atoms with van der Waals surface area (Å²) in [4.78, 5) is 0. The molecule has 3 N–H and O–H groups in total. The molecule has 11 atom stereocenters. The summed E-state index contributed by atoms with van der Waals surface area (Å²) in [6.07, 6.45) is 8.52. The van der Waals surface area contributed by atoms with E-state index in [0.29, 0.717) is 48.0 Å². The molecule has 4 saturated carbocycles. The lowest BCUT2D eigenvalue weighted by Crippen LogP contribution is -2.62. The number of rotatable bonds is 3. The topological polar surface area (TPSA) is 60.7 Å². The minimum atomic E-state index is -0.212. The fourth-order valence-corrected chi connectivity index (χ4v) is 9.06. The minimum Gasteiger partial charge on any atom is -0.396 e. The lowest BCUT2D eigenvalue weighted by molar-refractivity contribution is -0.203. The van der Waals surface area contributed by atoms with E-state index in [1.165, 1.54) is 25.7 Å². The molecule has 4 aliphatic carbocycles. The predicted octanol–water partition coefficient (Wildman–Crippen LogP) is 4.24. The molecular weight excluding hydrogens is 336 g/mol. The van der Waals surface area contributed by atoms with Crippen LogP contribution in [0.5, 0.6) is 0 Å². The zero-order chi connectivity index (χ0) is 19.6. The molecule has 0 saturated heterocycles. The second kappa shape index (κ2) is 6.99. The van der Waals surface area contributed by atoms with Gasteiger partial charge in [-0.15, -0.1) is 0 Å². The van der Waals surface area contributed by atoms with Crippen molar-refractivity contribution in [2.75, 3.05) is 6.61 Å². The number of hydrogen-bond acceptors (Lipinski definition) is 3. The Labute approximate surface area is 165 Å². The number of aliphatic hydroxyl groups excluding tert-OH is 3. The summed E-state index contributed by atoms with van der Waals surface area (Å²) in [6.45, 7) is 9.73. The molecular formula is C24H42O3. The van der Waals surface area contributed by atoms with Gasteiger partial charge in [0.1, 0.15) is 0 Å². The van der Waals surface area contributed by atoms with Crippen molar-refractivity contribution in [2.45, 2.75) is 91.3 Å². The smallest absolute Gasteiger partial charge is 0.0605 e. The molecule has 0 spiro atoms. The van der Waals surface area contributed by atoms with E-state index in [4.69, 9.17) is 0 Å². The van der Waals surface area contributed by atoms with Crippen LogP contribution < -0.4 is 0 Å². The molecule has 0 aromatic carbocycles. The first-order valence-electron chi connectivity index (χ1n) is 11.7. The SMILES string of the molecule is CC[C@H]1C(O)C2C(CC[C@@]3(C)C2CC[C@@H]3[C@H](C)CO)[C@@]2(C)CC[C@@H](O)CC12. The van der Waals surface area contributed by atoms with E-state index in [1.807, 2.05) is 0 Å². The molecule has 4 rings (SSSR count). The summed E-state index contributed by atoms with van der Waals surface area (Å²) in [6, 6.07) is 0. The molecule has 0 aliphatic heterocycles. The van der Waals surface area contributed by atoms with Crippen LogP contribution in [0, 0.1) is 52.3 Å². The van der Waals surface area contributed by atoms with Gasteiger partial charge in [0.15, 0.2) is 0 Å². The Balaban J connectivity index is 1.69. The van der Waals surface area contributed by atoms with Crippen LogP contribution in [0.4, 0.5) is 0 Å². The Kier molecular flexibility index (Phi) is 5.22. The second-order valence-corrected chi connectivity index (χ2v) is 11.3. The van der Waals surface area contributed by atoms with Gasteiger partial charge in [-0.05, 0) is 97.2 Å². The van der Waals surface area contributed by atoms with E-state index in [2.05, 4.69) is 27.7 Å². The third kappa shape index (κ3) is 2.78. The number of fused-ring (bicyclic) bond motifs is 5. The van der Waals surface area contributed by atoms with Crippen molar-refractivity contribution in [3.8, 4) is 0 Å². The quantitative estimate of drug-likeness (QED) is 0.688. The summed E-state index contributed by atoms with van der Waals surface area (Å²) in [5, 5.41) is 31.8. The lowest BCUT2D eigenvalue weighted by Gasteiger charge is -2.64. The van der Waals surface area contributed by atoms with E-state index in [9.17, 15) is 15.3 Å².